The topological polar surface area (TPSA) is 46.5 Å². The molecule has 1 aromatic rings. The van der Waals surface area contributed by atoms with E-state index in [1.165, 1.54) is 5.56 Å². The van der Waals surface area contributed by atoms with Crippen LogP contribution in [0.2, 0.25) is 0 Å². The molecule has 0 saturated heterocycles. The lowest BCUT2D eigenvalue weighted by Gasteiger charge is -2.18. The smallest absolute Gasteiger partial charge is 0.303 e. The zero-order valence-corrected chi connectivity index (χ0v) is 13.4. The molecule has 3 rings (SSSR count). The maximum atomic E-state index is 11.1. The van der Waals surface area contributed by atoms with E-state index < -0.39 is 5.97 Å². The van der Waals surface area contributed by atoms with E-state index in [9.17, 15) is 4.79 Å². The molecule has 2 aliphatic rings. The van der Waals surface area contributed by atoms with Gasteiger partial charge in [-0.2, -0.15) is 0 Å². The fourth-order valence-corrected chi connectivity index (χ4v) is 3.75. The Morgan fingerprint density at radius 2 is 2.20 bits per heavy atom. The quantitative estimate of drug-likeness (QED) is 0.897. The molecule has 1 fully saturated rings. The van der Waals surface area contributed by atoms with Crippen molar-refractivity contribution in [1.29, 1.82) is 0 Å². The minimum absolute atomic E-state index is 0.137. The summed E-state index contributed by atoms with van der Waals surface area (Å²) in [5.41, 5.74) is 2.16. The third-order valence-electron chi connectivity index (χ3n) is 4.15. The molecular formula is C16H19BrO3. The van der Waals surface area contributed by atoms with Crippen LogP contribution in [0.25, 0.3) is 0 Å². The van der Waals surface area contributed by atoms with Crippen molar-refractivity contribution in [1.82, 2.24) is 0 Å². The Morgan fingerprint density at radius 1 is 1.50 bits per heavy atom. The van der Waals surface area contributed by atoms with E-state index in [1.54, 1.807) is 0 Å². The fraction of sp³-hybridized carbons (Fsp3) is 0.562. The van der Waals surface area contributed by atoms with Crippen LogP contribution in [0, 0.1) is 5.92 Å². The predicted octanol–water partition coefficient (Wildman–Crippen LogP) is 4.13. The maximum absolute atomic E-state index is 11.1. The molecule has 0 spiro atoms. The number of carboxylic acids is 1. The number of benzene rings is 1. The van der Waals surface area contributed by atoms with E-state index in [2.05, 4.69) is 35.8 Å². The monoisotopic (exact) mass is 338 g/mol. The lowest BCUT2D eigenvalue weighted by atomic mass is 9.89. The van der Waals surface area contributed by atoms with Crippen LogP contribution < -0.4 is 4.74 Å². The molecule has 1 N–H and O–H groups in total. The number of fused-ring (bicyclic) bond motifs is 1. The summed E-state index contributed by atoms with van der Waals surface area (Å²) in [7, 11) is 0. The van der Waals surface area contributed by atoms with Crippen LogP contribution in [0.1, 0.15) is 50.2 Å². The summed E-state index contributed by atoms with van der Waals surface area (Å²) >= 11 is 3.58. The zero-order chi connectivity index (χ0) is 14.5. The van der Waals surface area contributed by atoms with Crippen molar-refractivity contribution >= 4 is 21.9 Å². The van der Waals surface area contributed by atoms with Gasteiger partial charge in [0.25, 0.3) is 0 Å². The van der Waals surface area contributed by atoms with Crippen LogP contribution >= 0.6 is 15.9 Å². The molecule has 1 heterocycles. The van der Waals surface area contributed by atoms with Gasteiger partial charge in [0.2, 0.25) is 0 Å². The summed E-state index contributed by atoms with van der Waals surface area (Å²) in [5, 5.41) is 9.13. The lowest BCUT2D eigenvalue weighted by molar-refractivity contribution is -0.137. The second-order valence-electron chi connectivity index (χ2n) is 6.57. The molecule has 1 aliphatic carbocycles. The summed E-state index contributed by atoms with van der Waals surface area (Å²) in [5.74, 6) is 0.878. The molecule has 0 bridgehead atoms. The maximum Gasteiger partial charge on any atom is 0.303 e. The Bertz CT molecular complexity index is 561. The summed E-state index contributed by atoms with van der Waals surface area (Å²) < 4.78 is 6.90. The van der Waals surface area contributed by atoms with Gasteiger partial charge in [-0.05, 0) is 71.6 Å². The molecule has 1 aromatic carbocycles. The standard InChI is InChI=1S/C16H19BrO3/c1-16(2)8-11-5-10(6-13(17)15(11)20-16)12(7-14(18)19)9-3-4-9/h5-6,9,12H,3-4,7-8H2,1-2H3,(H,18,19). The Hall–Kier alpha value is -1.03. The van der Waals surface area contributed by atoms with E-state index in [4.69, 9.17) is 9.84 Å². The first-order chi connectivity index (χ1) is 9.35. The van der Waals surface area contributed by atoms with Gasteiger partial charge in [0.15, 0.2) is 0 Å². The number of hydrogen-bond acceptors (Lipinski definition) is 2. The Kier molecular flexibility index (Phi) is 3.32. The van der Waals surface area contributed by atoms with Gasteiger partial charge in [-0.1, -0.05) is 6.07 Å². The van der Waals surface area contributed by atoms with Crippen LogP contribution in [-0.2, 0) is 11.2 Å². The molecule has 108 valence electrons. The van der Waals surface area contributed by atoms with Crippen molar-refractivity contribution in [3.05, 3.63) is 27.7 Å². The van der Waals surface area contributed by atoms with Gasteiger partial charge in [0.05, 0.1) is 10.9 Å². The van der Waals surface area contributed by atoms with E-state index in [0.717, 1.165) is 35.0 Å². The van der Waals surface area contributed by atoms with Crippen LogP contribution in [0.5, 0.6) is 5.75 Å². The molecule has 0 radical (unpaired) electrons. The number of hydrogen-bond donors (Lipinski definition) is 1. The minimum atomic E-state index is -0.713. The van der Waals surface area contributed by atoms with Crippen molar-refractivity contribution in [3.63, 3.8) is 0 Å². The minimum Gasteiger partial charge on any atom is -0.486 e. The number of carbonyl (C=O) groups is 1. The summed E-state index contributed by atoms with van der Waals surface area (Å²) in [6.45, 7) is 4.16. The lowest BCUT2D eigenvalue weighted by Crippen LogP contribution is -2.24. The van der Waals surface area contributed by atoms with Crippen LogP contribution in [0.3, 0.4) is 0 Å². The predicted molar refractivity (Wildman–Crippen MR) is 80.3 cm³/mol. The van der Waals surface area contributed by atoms with E-state index in [0.29, 0.717) is 5.92 Å². The third-order valence-corrected chi connectivity index (χ3v) is 4.74. The van der Waals surface area contributed by atoms with Gasteiger partial charge in [0.1, 0.15) is 11.4 Å². The SMILES string of the molecule is CC1(C)Cc2cc(C(CC(=O)O)C3CC3)cc(Br)c2O1. The molecule has 1 saturated carbocycles. The largest absolute Gasteiger partial charge is 0.486 e. The summed E-state index contributed by atoms with van der Waals surface area (Å²) in [6.07, 6.45) is 3.39. The van der Waals surface area contributed by atoms with Gasteiger partial charge >= 0.3 is 5.97 Å². The highest BCUT2D eigenvalue weighted by Gasteiger charge is 2.37. The van der Waals surface area contributed by atoms with E-state index in [1.807, 2.05) is 6.07 Å². The Morgan fingerprint density at radius 3 is 2.80 bits per heavy atom. The molecule has 3 nitrogen and oxygen atoms in total. The van der Waals surface area contributed by atoms with Crippen LogP contribution in [0.15, 0.2) is 16.6 Å². The van der Waals surface area contributed by atoms with E-state index >= 15 is 0 Å². The molecule has 0 aromatic heterocycles. The van der Waals surface area contributed by atoms with Crippen LogP contribution in [-0.4, -0.2) is 16.7 Å². The summed E-state index contributed by atoms with van der Waals surface area (Å²) in [4.78, 5) is 11.1. The van der Waals surface area contributed by atoms with Crippen molar-refractivity contribution in [2.45, 2.75) is 51.0 Å². The van der Waals surface area contributed by atoms with Crippen molar-refractivity contribution in [3.8, 4) is 5.75 Å². The zero-order valence-electron chi connectivity index (χ0n) is 11.8. The van der Waals surface area contributed by atoms with Gasteiger partial charge in [-0.25, -0.2) is 0 Å². The van der Waals surface area contributed by atoms with Crippen LogP contribution in [0.4, 0.5) is 0 Å². The van der Waals surface area contributed by atoms with Gasteiger partial charge in [-0.15, -0.1) is 0 Å². The normalized spacial score (nSPS) is 21.1. The van der Waals surface area contributed by atoms with Gasteiger partial charge in [-0.3, -0.25) is 4.79 Å². The fourth-order valence-electron chi connectivity index (χ4n) is 3.15. The van der Waals surface area contributed by atoms with Crippen molar-refractivity contribution < 1.29 is 14.6 Å². The highest BCUT2D eigenvalue weighted by atomic mass is 79.9. The molecule has 1 aliphatic heterocycles. The second kappa shape index (κ2) is 4.76. The molecule has 0 amide bonds. The first-order valence-electron chi connectivity index (χ1n) is 7.09. The molecule has 1 unspecified atom stereocenters. The Labute approximate surface area is 127 Å². The highest BCUT2D eigenvalue weighted by Crippen LogP contribution is 2.48. The van der Waals surface area contributed by atoms with E-state index in [-0.39, 0.29) is 17.9 Å². The molecule has 20 heavy (non-hydrogen) atoms. The first kappa shape index (κ1) is 13.9. The average Bonchev–Trinajstić information content (AvgIpc) is 3.09. The number of rotatable bonds is 4. The molecule has 1 atom stereocenters. The van der Waals surface area contributed by atoms with Gasteiger partial charge < -0.3 is 9.84 Å². The number of carboxylic acid groups (broad SMARTS) is 1. The number of ether oxygens (including phenoxy) is 1. The summed E-state index contributed by atoms with van der Waals surface area (Å²) in [6, 6.07) is 4.20. The Balaban J connectivity index is 1.95. The van der Waals surface area contributed by atoms with Gasteiger partial charge in [0, 0.05) is 6.42 Å². The van der Waals surface area contributed by atoms with Crippen molar-refractivity contribution in [2.75, 3.05) is 0 Å². The molecular weight excluding hydrogens is 320 g/mol. The average molecular weight is 339 g/mol. The van der Waals surface area contributed by atoms with Crippen molar-refractivity contribution in [2.24, 2.45) is 5.92 Å². The number of aliphatic carboxylic acids is 1. The third kappa shape index (κ3) is 2.71. The second-order valence-corrected chi connectivity index (χ2v) is 7.43. The molecule has 4 heteroatoms. The number of halogens is 1. The highest BCUT2D eigenvalue weighted by molar-refractivity contribution is 9.10. The first-order valence-corrected chi connectivity index (χ1v) is 7.88.